The van der Waals surface area contributed by atoms with E-state index in [1.807, 2.05) is 0 Å². The highest BCUT2D eigenvalue weighted by molar-refractivity contribution is 4.63. The molecular weight excluding hydrogens is 154 g/mol. The highest BCUT2D eigenvalue weighted by Crippen LogP contribution is 2.19. The zero-order valence-electron chi connectivity index (χ0n) is 8.41. The first-order valence-corrected chi connectivity index (χ1v) is 4.55. The molecule has 12 heavy (non-hydrogen) atoms. The monoisotopic (exact) mass is 173 g/mol. The lowest BCUT2D eigenvalue weighted by atomic mass is 9.88. The van der Waals surface area contributed by atoms with Gasteiger partial charge in [-0.25, -0.2) is 0 Å². The van der Waals surface area contributed by atoms with Crippen molar-refractivity contribution in [2.75, 3.05) is 6.54 Å². The van der Waals surface area contributed by atoms with Gasteiger partial charge in [-0.1, -0.05) is 27.7 Å². The molecule has 0 saturated heterocycles. The predicted octanol–water partition coefficient (Wildman–Crippen LogP) is 2.58. The molecule has 0 aliphatic carbocycles. The average Bonchev–Trinajstić information content (AvgIpc) is 1.83. The van der Waals surface area contributed by atoms with Gasteiger partial charge in [-0.3, -0.25) is 10.1 Å². The molecule has 0 fully saturated rings. The smallest absolute Gasteiger partial charge is 0.206 e. The number of hydrogen-bond donors (Lipinski definition) is 0. The minimum absolute atomic E-state index is 0.121. The van der Waals surface area contributed by atoms with Crippen molar-refractivity contribution in [1.82, 2.24) is 0 Å². The molecule has 1 atom stereocenters. The van der Waals surface area contributed by atoms with Crippen LogP contribution in [0.1, 0.15) is 34.1 Å². The summed E-state index contributed by atoms with van der Waals surface area (Å²) in [5.41, 5.74) is 0. The molecule has 0 amide bonds. The van der Waals surface area contributed by atoms with Crippen molar-refractivity contribution in [3.8, 4) is 0 Å². The first-order chi connectivity index (χ1) is 5.43. The number of rotatable bonds is 5. The van der Waals surface area contributed by atoms with Gasteiger partial charge in [0.15, 0.2) is 0 Å². The van der Waals surface area contributed by atoms with Gasteiger partial charge in [0.1, 0.15) is 0 Å². The van der Waals surface area contributed by atoms with Crippen LogP contribution in [0.5, 0.6) is 0 Å². The van der Waals surface area contributed by atoms with E-state index < -0.39 is 0 Å². The Labute approximate surface area is 74.3 Å². The van der Waals surface area contributed by atoms with Crippen LogP contribution in [-0.4, -0.2) is 11.5 Å². The van der Waals surface area contributed by atoms with Crippen molar-refractivity contribution < 1.29 is 4.92 Å². The Bertz CT molecular complexity index is 143. The van der Waals surface area contributed by atoms with Gasteiger partial charge in [-0.15, -0.1) is 0 Å². The summed E-state index contributed by atoms with van der Waals surface area (Å²) in [6.07, 6.45) is 0.957. The zero-order chi connectivity index (χ0) is 9.72. The maximum Gasteiger partial charge on any atom is 0.206 e. The number of nitrogens with zero attached hydrogens (tertiary/aromatic N) is 1. The number of hydrogen-bond acceptors (Lipinski definition) is 2. The molecule has 0 N–H and O–H groups in total. The first-order valence-electron chi connectivity index (χ1n) is 4.55. The molecule has 0 heterocycles. The zero-order valence-corrected chi connectivity index (χ0v) is 8.41. The van der Waals surface area contributed by atoms with Gasteiger partial charge in [-0.2, -0.15) is 0 Å². The van der Waals surface area contributed by atoms with E-state index in [4.69, 9.17) is 0 Å². The van der Waals surface area contributed by atoms with Crippen LogP contribution in [0.3, 0.4) is 0 Å². The second-order valence-electron chi connectivity index (χ2n) is 4.15. The third-order valence-electron chi connectivity index (χ3n) is 2.10. The van der Waals surface area contributed by atoms with E-state index in [-0.39, 0.29) is 17.4 Å². The van der Waals surface area contributed by atoms with Crippen LogP contribution in [0.2, 0.25) is 0 Å². The van der Waals surface area contributed by atoms with Crippen molar-refractivity contribution >= 4 is 0 Å². The molecule has 0 saturated carbocycles. The molecule has 3 nitrogen and oxygen atoms in total. The quantitative estimate of drug-likeness (QED) is 0.473. The van der Waals surface area contributed by atoms with Crippen LogP contribution in [0.25, 0.3) is 0 Å². The summed E-state index contributed by atoms with van der Waals surface area (Å²) < 4.78 is 0. The Morgan fingerprint density at radius 3 is 2.00 bits per heavy atom. The Morgan fingerprint density at radius 1 is 1.25 bits per heavy atom. The molecular formula is C9H19NO2. The molecule has 0 spiro atoms. The predicted molar refractivity (Wildman–Crippen MR) is 49.6 cm³/mol. The maximum absolute atomic E-state index is 10.3. The van der Waals surface area contributed by atoms with Gasteiger partial charge in [0, 0.05) is 10.8 Å². The lowest BCUT2D eigenvalue weighted by Gasteiger charge is -2.18. The van der Waals surface area contributed by atoms with Crippen LogP contribution in [0.15, 0.2) is 0 Å². The fourth-order valence-electron chi connectivity index (χ4n) is 1.35. The van der Waals surface area contributed by atoms with Crippen molar-refractivity contribution in [3.05, 3.63) is 10.1 Å². The van der Waals surface area contributed by atoms with Crippen molar-refractivity contribution in [2.24, 2.45) is 17.8 Å². The minimum atomic E-state index is -0.201. The molecule has 0 aliphatic heterocycles. The Hall–Kier alpha value is -0.600. The van der Waals surface area contributed by atoms with Crippen LogP contribution in [0, 0.1) is 27.9 Å². The largest absolute Gasteiger partial charge is 0.265 e. The summed E-state index contributed by atoms with van der Waals surface area (Å²) in [5, 5.41) is 10.3. The SMILES string of the molecule is CC(C)CC(C[N+](=O)[O-])C(C)C. The molecule has 1 unspecified atom stereocenters. The normalized spacial score (nSPS) is 13.8. The van der Waals surface area contributed by atoms with E-state index in [0.29, 0.717) is 11.8 Å². The average molecular weight is 173 g/mol. The highest BCUT2D eigenvalue weighted by atomic mass is 16.6. The number of nitro groups is 1. The van der Waals surface area contributed by atoms with E-state index in [9.17, 15) is 10.1 Å². The van der Waals surface area contributed by atoms with E-state index in [1.54, 1.807) is 0 Å². The summed E-state index contributed by atoms with van der Waals surface area (Å²) in [4.78, 5) is 10.1. The standard InChI is InChI=1S/C9H19NO2/c1-7(2)5-9(8(3)4)6-10(11)12/h7-9H,5-6H2,1-4H3. The van der Waals surface area contributed by atoms with Crippen molar-refractivity contribution in [2.45, 2.75) is 34.1 Å². The van der Waals surface area contributed by atoms with Gasteiger partial charge in [0.2, 0.25) is 6.54 Å². The third kappa shape index (κ3) is 5.10. The third-order valence-corrected chi connectivity index (χ3v) is 2.10. The van der Waals surface area contributed by atoms with Gasteiger partial charge in [0.25, 0.3) is 0 Å². The van der Waals surface area contributed by atoms with Gasteiger partial charge >= 0.3 is 0 Å². The summed E-state index contributed by atoms with van der Waals surface area (Å²) in [5.74, 6) is 1.20. The molecule has 0 rings (SSSR count). The molecule has 0 aromatic carbocycles. The van der Waals surface area contributed by atoms with Gasteiger partial charge in [-0.05, 0) is 18.3 Å². The molecule has 0 aromatic rings. The van der Waals surface area contributed by atoms with Gasteiger partial charge < -0.3 is 0 Å². The van der Waals surface area contributed by atoms with Crippen LogP contribution in [-0.2, 0) is 0 Å². The van der Waals surface area contributed by atoms with E-state index in [0.717, 1.165) is 6.42 Å². The highest BCUT2D eigenvalue weighted by Gasteiger charge is 2.20. The maximum atomic E-state index is 10.3. The van der Waals surface area contributed by atoms with E-state index in [1.165, 1.54) is 0 Å². The summed E-state index contributed by atoms with van der Waals surface area (Å²) >= 11 is 0. The molecule has 72 valence electrons. The molecule has 0 radical (unpaired) electrons. The fraction of sp³-hybridized carbons (Fsp3) is 1.00. The van der Waals surface area contributed by atoms with E-state index >= 15 is 0 Å². The lowest BCUT2D eigenvalue weighted by molar-refractivity contribution is -0.490. The summed E-state index contributed by atoms with van der Waals surface area (Å²) in [6.45, 7) is 8.44. The van der Waals surface area contributed by atoms with Crippen molar-refractivity contribution in [3.63, 3.8) is 0 Å². The Morgan fingerprint density at radius 2 is 1.75 bits per heavy atom. The topological polar surface area (TPSA) is 43.1 Å². The van der Waals surface area contributed by atoms with Crippen LogP contribution in [0.4, 0.5) is 0 Å². The first kappa shape index (κ1) is 11.4. The minimum Gasteiger partial charge on any atom is -0.265 e. The van der Waals surface area contributed by atoms with Crippen molar-refractivity contribution in [1.29, 1.82) is 0 Å². The fourth-order valence-corrected chi connectivity index (χ4v) is 1.35. The molecule has 0 bridgehead atoms. The second kappa shape index (κ2) is 5.12. The Balaban J connectivity index is 3.95. The second-order valence-corrected chi connectivity index (χ2v) is 4.15. The summed E-state index contributed by atoms with van der Waals surface area (Å²) in [7, 11) is 0. The summed E-state index contributed by atoms with van der Waals surface area (Å²) in [6, 6.07) is 0. The van der Waals surface area contributed by atoms with Crippen LogP contribution >= 0.6 is 0 Å². The molecule has 3 heteroatoms. The molecule has 0 aliphatic rings. The van der Waals surface area contributed by atoms with Gasteiger partial charge in [0.05, 0.1) is 0 Å². The molecule has 0 aromatic heterocycles. The van der Waals surface area contributed by atoms with E-state index in [2.05, 4.69) is 27.7 Å². The van der Waals surface area contributed by atoms with Crippen LogP contribution < -0.4 is 0 Å². The lowest BCUT2D eigenvalue weighted by Crippen LogP contribution is -2.21. The Kier molecular flexibility index (Phi) is 4.86.